The van der Waals surface area contributed by atoms with E-state index in [1.807, 2.05) is 23.6 Å². The van der Waals surface area contributed by atoms with Crippen molar-refractivity contribution in [3.8, 4) is 10.6 Å². The Hall–Kier alpha value is -1.76. The Kier molecular flexibility index (Phi) is 4.01. The molecule has 5 nitrogen and oxygen atoms in total. The molecule has 1 aromatic heterocycles. The van der Waals surface area contributed by atoms with E-state index in [0.717, 1.165) is 10.6 Å². The van der Waals surface area contributed by atoms with Crippen molar-refractivity contribution in [2.45, 2.75) is 12.1 Å². The van der Waals surface area contributed by atoms with E-state index in [1.54, 1.807) is 24.2 Å². The van der Waals surface area contributed by atoms with E-state index in [4.69, 9.17) is 4.74 Å². The van der Waals surface area contributed by atoms with Crippen molar-refractivity contribution in [3.63, 3.8) is 0 Å². The van der Waals surface area contributed by atoms with Crippen LogP contribution in [0.5, 0.6) is 0 Å². The fraction of sp³-hybridized carbons (Fsp3) is 0.333. The van der Waals surface area contributed by atoms with Gasteiger partial charge in [-0.2, -0.15) is 0 Å². The summed E-state index contributed by atoms with van der Waals surface area (Å²) >= 11 is 1.53. The molecule has 1 aliphatic heterocycles. The zero-order valence-corrected chi connectivity index (χ0v) is 12.4. The molecule has 1 saturated heterocycles. The van der Waals surface area contributed by atoms with E-state index in [9.17, 15) is 9.90 Å². The number of carbonyl (C=O) groups excluding carboxylic acids is 1. The van der Waals surface area contributed by atoms with Gasteiger partial charge in [0, 0.05) is 29.8 Å². The summed E-state index contributed by atoms with van der Waals surface area (Å²) in [6.07, 6.45) is 1.12. The number of aliphatic hydroxyl groups is 1. The van der Waals surface area contributed by atoms with E-state index in [1.165, 1.54) is 11.3 Å². The SMILES string of the molecule is CN(C(=O)c1cccc(-c2nccs2)c1)[C@H]1COC[C@@H]1O. The first kappa shape index (κ1) is 14.2. The number of hydrogen-bond donors (Lipinski definition) is 1. The smallest absolute Gasteiger partial charge is 0.254 e. The highest BCUT2D eigenvalue weighted by Crippen LogP contribution is 2.23. The summed E-state index contributed by atoms with van der Waals surface area (Å²) in [6.45, 7) is 0.650. The molecule has 0 unspecified atom stereocenters. The van der Waals surface area contributed by atoms with Crippen LogP contribution in [0.15, 0.2) is 35.8 Å². The van der Waals surface area contributed by atoms with Gasteiger partial charge in [-0.25, -0.2) is 4.98 Å². The van der Waals surface area contributed by atoms with Crippen LogP contribution in [0.2, 0.25) is 0 Å². The number of carbonyl (C=O) groups is 1. The molecular weight excluding hydrogens is 288 g/mol. The molecule has 0 spiro atoms. The minimum Gasteiger partial charge on any atom is -0.388 e. The maximum absolute atomic E-state index is 12.5. The predicted molar refractivity (Wildman–Crippen MR) is 80.3 cm³/mol. The molecule has 2 aromatic rings. The molecule has 3 rings (SSSR count). The Bertz CT molecular complexity index is 630. The third-order valence-corrected chi connectivity index (χ3v) is 4.45. The number of benzene rings is 1. The van der Waals surface area contributed by atoms with Crippen LogP contribution in [0, 0.1) is 0 Å². The fourth-order valence-electron chi connectivity index (χ4n) is 2.41. The van der Waals surface area contributed by atoms with Gasteiger partial charge >= 0.3 is 0 Å². The fourth-order valence-corrected chi connectivity index (χ4v) is 3.04. The molecule has 1 N–H and O–H groups in total. The van der Waals surface area contributed by atoms with Crippen molar-refractivity contribution in [1.29, 1.82) is 0 Å². The summed E-state index contributed by atoms with van der Waals surface area (Å²) < 4.78 is 5.21. The monoisotopic (exact) mass is 304 g/mol. The quantitative estimate of drug-likeness (QED) is 0.936. The lowest BCUT2D eigenvalue weighted by molar-refractivity contribution is 0.0581. The first-order valence-electron chi connectivity index (χ1n) is 6.69. The lowest BCUT2D eigenvalue weighted by atomic mass is 10.1. The molecule has 1 aliphatic rings. The van der Waals surface area contributed by atoms with Crippen LogP contribution in [-0.2, 0) is 4.74 Å². The van der Waals surface area contributed by atoms with E-state index < -0.39 is 6.10 Å². The minimum atomic E-state index is -0.624. The maximum atomic E-state index is 12.5. The van der Waals surface area contributed by atoms with Gasteiger partial charge in [0.15, 0.2) is 0 Å². The molecule has 1 amide bonds. The van der Waals surface area contributed by atoms with Crippen molar-refractivity contribution in [2.75, 3.05) is 20.3 Å². The average molecular weight is 304 g/mol. The number of hydrogen-bond acceptors (Lipinski definition) is 5. The largest absolute Gasteiger partial charge is 0.388 e. The number of ether oxygens (including phenoxy) is 1. The van der Waals surface area contributed by atoms with Crippen molar-refractivity contribution in [2.24, 2.45) is 0 Å². The number of likely N-dealkylation sites (N-methyl/N-ethyl adjacent to an activating group) is 1. The second-order valence-electron chi connectivity index (χ2n) is 5.01. The normalized spacial score (nSPS) is 21.4. The van der Waals surface area contributed by atoms with Gasteiger partial charge in [-0.3, -0.25) is 4.79 Å². The Balaban J connectivity index is 1.83. The second-order valence-corrected chi connectivity index (χ2v) is 5.90. The van der Waals surface area contributed by atoms with Crippen LogP contribution in [0.25, 0.3) is 10.6 Å². The molecule has 21 heavy (non-hydrogen) atoms. The number of aliphatic hydroxyl groups excluding tert-OH is 1. The molecule has 0 bridgehead atoms. The van der Waals surface area contributed by atoms with Gasteiger partial charge < -0.3 is 14.7 Å². The number of amides is 1. The standard InChI is InChI=1S/C15H16N2O3S/c1-17(12-8-20-9-13(12)18)15(19)11-4-2-3-10(7-11)14-16-5-6-21-14/h2-7,12-13,18H,8-9H2,1H3/t12-,13-/m0/s1. The number of rotatable bonds is 3. The summed E-state index contributed by atoms with van der Waals surface area (Å²) in [6, 6.07) is 7.10. The molecule has 2 atom stereocenters. The minimum absolute atomic E-state index is 0.122. The van der Waals surface area contributed by atoms with Crippen LogP contribution < -0.4 is 0 Å². The Morgan fingerprint density at radius 3 is 3.00 bits per heavy atom. The molecule has 2 heterocycles. The molecule has 6 heteroatoms. The molecule has 0 saturated carbocycles. The van der Waals surface area contributed by atoms with Crippen LogP contribution in [0.4, 0.5) is 0 Å². The van der Waals surface area contributed by atoms with Gasteiger partial charge in [-0.1, -0.05) is 12.1 Å². The zero-order chi connectivity index (χ0) is 14.8. The van der Waals surface area contributed by atoms with E-state index in [0.29, 0.717) is 12.2 Å². The summed E-state index contributed by atoms with van der Waals surface area (Å²) in [5.41, 5.74) is 1.51. The van der Waals surface area contributed by atoms with Crippen molar-refractivity contribution in [1.82, 2.24) is 9.88 Å². The summed E-state index contributed by atoms with van der Waals surface area (Å²) in [7, 11) is 1.70. The highest BCUT2D eigenvalue weighted by Gasteiger charge is 2.32. The maximum Gasteiger partial charge on any atom is 0.254 e. The van der Waals surface area contributed by atoms with Crippen molar-refractivity contribution < 1.29 is 14.6 Å². The second kappa shape index (κ2) is 5.93. The molecule has 0 aliphatic carbocycles. The zero-order valence-electron chi connectivity index (χ0n) is 11.6. The third-order valence-electron chi connectivity index (χ3n) is 3.63. The van der Waals surface area contributed by atoms with Gasteiger partial charge in [-0.15, -0.1) is 11.3 Å². The number of thiazole rings is 1. The third kappa shape index (κ3) is 2.83. The van der Waals surface area contributed by atoms with E-state index in [2.05, 4.69) is 4.98 Å². The first-order chi connectivity index (χ1) is 10.2. The molecule has 0 radical (unpaired) electrons. The highest BCUT2D eigenvalue weighted by atomic mass is 32.1. The summed E-state index contributed by atoms with van der Waals surface area (Å²) in [5.74, 6) is -0.122. The van der Waals surface area contributed by atoms with Crippen LogP contribution in [-0.4, -0.2) is 53.3 Å². The van der Waals surface area contributed by atoms with Gasteiger partial charge in [-0.05, 0) is 12.1 Å². The lowest BCUT2D eigenvalue weighted by Crippen LogP contribution is -2.44. The summed E-state index contributed by atoms with van der Waals surface area (Å²) in [5, 5.41) is 12.6. The lowest BCUT2D eigenvalue weighted by Gasteiger charge is -2.25. The average Bonchev–Trinajstić information content (AvgIpc) is 3.17. The Morgan fingerprint density at radius 2 is 2.33 bits per heavy atom. The molecular formula is C15H16N2O3S. The molecule has 1 aromatic carbocycles. The highest BCUT2D eigenvalue weighted by molar-refractivity contribution is 7.13. The summed E-state index contributed by atoms with van der Waals surface area (Å²) in [4.78, 5) is 18.4. The van der Waals surface area contributed by atoms with Crippen LogP contribution in [0.3, 0.4) is 0 Å². The first-order valence-corrected chi connectivity index (χ1v) is 7.57. The number of nitrogens with zero attached hydrogens (tertiary/aromatic N) is 2. The van der Waals surface area contributed by atoms with E-state index >= 15 is 0 Å². The van der Waals surface area contributed by atoms with Gasteiger partial charge in [0.2, 0.25) is 0 Å². The van der Waals surface area contributed by atoms with Gasteiger partial charge in [0.1, 0.15) is 5.01 Å². The van der Waals surface area contributed by atoms with Crippen LogP contribution in [0.1, 0.15) is 10.4 Å². The Labute approximate surface area is 126 Å². The van der Waals surface area contributed by atoms with Crippen molar-refractivity contribution >= 4 is 17.2 Å². The predicted octanol–water partition coefficient (Wildman–Crippen LogP) is 1.64. The van der Waals surface area contributed by atoms with E-state index in [-0.39, 0.29) is 18.6 Å². The topological polar surface area (TPSA) is 62.7 Å². The van der Waals surface area contributed by atoms with Gasteiger partial charge in [0.05, 0.1) is 25.4 Å². The number of aromatic nitrogens is 1. The molecule has 110 valence electrons. The Morgan fingerprint density at radius 1 is 1.48 bits per heavy atom. The van der Waals surface area contributed by atoms with Crippen molar-refractivity contribution in [3.05, 3.63) is 41.4 Å². The van der Waals surface area contributed by atoms with Crippen LogP contribution >= 0.6 is 11.3 Å². The van der Waals surface area contributed by atoms with Gasteiger partial charge in [0.25, 0.3) is 5.91 Å². The molecule has 1 fully saturated rings.